The summed E-state index contributed by atoms with van der Waals surface area (Å²) in [4.78, 5) is 22.8. The zero-order chi connectivity index (χ0) is 18.9. The van der Waals surface area contributed by atoms with Crippen LogP contribution < -0.4 is 20.5 Å². The maximum absolute atomic E-state index is 11.8. The van der Waals surface area contributed by atoms with Crippen molar-refractivity contribution >= 4 is 17.9 Å². The third kappa shape index (κ3) is 5.27. The summed E-state index contributed by atoms with van der Waals surface area (Å²) in [5, 5.41) is 12.4. The van der Waals surface area contributed by atoms with Crippen LogP contribution in [0.25, 0.3) is 6.08 Å². The first-order chi connectivity index (χ1) is 12.5. The predicted molar refractivity (Wildman–Crippen MR) is 97.2 cm³/mol. The lowest BCUT2D eigenvalue weighted by Crippen LogP contribution is -2.26. The number of hydrogen-bond acceptors (Lipinski definition) is 5. The lowest BCUT2D eigenvalue weighted by Gasteiger charge is -2.09. The summed E-state index contributed by atoms with van der Waals surface area (Å²) in [7, 11) is 1.56. The number of primary amides is 1. The summed E-state index contributed by atoms with van der Waals surface area (Å²) >= 11 is 0. The van der Waals surface area contributed by atoms with E-state index in [0.29, 0.717) is 5.75 Å². The van der Waals surface area contributed by atoms with E-state index in [4.69, 9.17) is 15.2 Å². The molecular weight excluding hydrogens is 336 g/mol. The highest BCUT2D eigenvalue weighted by molar-refractivity contribution is 5.93. The van der Waals surface area contributed by atoms with Gasteiger partial charge in [-0.3, -0.25) is 9.59 Å². The van der Waals surface area contributed by atoms with Gasteiger partial charge in [0, 0.05) is 17.2 Å². The van der Waals surface area contributed by atoms with Crippen LogP contribution in [0.4, 0.5) is 0 Å². The van der Waals surface area contributed by atoms with Crippen molar-refractivity contribution in [2.75, 3.05) is 20.3 Å². The number of hydrogen-bond donors (Lipinski definition) is 3. The Morgan fingerprint density at radius 1 is 1.19 bits per heavy atom. The fraction of sp³-hybridized carbons (Fsp3) is 0.158. The Kier molecular flexibility index (Phi) is 6.61. The minimum atomic E-state index is -0.638. The highest BCUT2D eigenvalue weighted by atomic mass is 16.5. The second kappa shape index (κ2) is 9.12. The van der Waals surface area contributed by atoms with Crippen LogP contribution in [0.15, 0.2) is 48.5 Å². The molecule has 4 N–H and O–H groups in total. The molecule has 0 aromatic heterocycles. The number of carbonyl (C=O) groups is 2. The van der Waals surface area contributed by atoms with Crippen molar-refractivity contribution in [1.82, 2.24) is 5.32 Å². The molecule has 0 radical (unpaired) electrons. The molecule has 2 amide bonds. The van der Waals surface area contributed by atoms with E-state index >= 15 is 0 Å². The number of phenols is 1. The van der Waals surface area contributed by atoms with Gasteiger partial charge in [-0.15, -0.1) is 0 Å². The van der Waals surface area contributed by atoms with Gasteiger partial charge in [-0.25, -0.2) is 0 Å². The van der Waals surface area contributed by atoms with Crippen molar-refractivity contribution in [2.45, 2.75) is 0 Å². The molecule has 0 saturated heterocycles. The average Bonchev–Trinajstić information content (AvgIpc) is 2.64. The smallest absolute Gasteiger partial charge is 0.248 e. The SMILES string of the molecule is COc1ccccc1/C=C/C(=O)NCCOc1ccc(C(N)=O)cc1O. The van der Waals surface area contributed by atoms with Crippen molar-refractivity contribution in [1.29, 1.82) is 0 Å². The first kappa shape index (κ1) is 18.9. The van der Waals surface area contributed by atoms with Crippen LogP contribution in [-0.4, -0.2) is 37.2 Å². The van der Waals surface area contributed by atoms with Crippen LogP contribution in [0.3, 0.4) is 0 Å². The summed E-state index contributed by atoms with van der Waals surface area (Å²) in [6.07, 6.45) is 3.06. The van der Waals surface area contributed by atoms with E-state index < -0.39 is 5.91 Å². The van der Waals surface area contributed by atoms with Gasteiger partial charge in [0.05, 0.1) is 13.7 Å². The number of nitrogens with one attached hydrogen (secondary N) is 1. The summed E-state index contributed by atoms with van der Waals surface area (Å²) in [5.41, 5.74) is 6.10. The first-order valence-corrected chi connectivity index (χ1v) is 7.86. The van der Waals surface area contributed by atoms with Crippen molar-refractivity contribution in [3.8, 4) is 17.2 Å². The van der Waals surface area contributed by atoms with Gasteiger partial charge in [0.25, 0.3) is 0 Å². The van der Waals surface area contributed by atoms with E-state index in [0.717, 1.165) is 5.56 Å². The third-order valence-corrected chi connectivity index (χ3v) is 3.46. The Labute approximate surface area is 151 Å². The summed E-state index contributed by atoms with van der Waals surface area (Å²) in [6, 6.07) is 11.5. The number of amides is 2. The van der Waals surface area contributed by atoms with E-state index in [2.05, 4.69) is 5.32 Å². The maximum Gasteiger partial charge on any atom is 0.248 e. The van der Waals surface area contributed by atoms with E-state index in [9.17, 15) is 14.7 Å². The minimum absolute atomic E-state index is 0.151. The quantitative estimate of drug-likeness (QED) is 0.492. The highest BCUT2D eigenvalue weighted by Crippen LogP contribution is 2.26. The Morgan fingerprint density at radius 3 is 2.65 bits per heavy atom. The number of ether oxygens (including phenoxy) is 2. The number of rotatable bonds is 8. The van der Waals surface area contributed by atoms with Gasteiger partial charge in [-0.1, -0.05) is 18.2 Å². The molecule has 0 aliphatic carbocycles. The molecule has 0 saturated carbocycles. The predicted octanol–water partition coefficient (Wildman–Crippen LogP) is 1.71. The summed E-state index contributed by atoms with van der Waals surface area (Å²) in [6.45, 7) is 0.393. The van der Waals surface area contributed by atoms with Crippen LogP contribution in [0, 0.1) is 0 Å². The molecule has 26 heavy (non-hydrogen) atoms. The van der Waals surface area contributed by atoms with Crippen LogP contribution in [0.5, 0.6) is 17.2 Å². The molecule has 0 aliphatic heterocycles. The second-order valence-electron chi connectivity index (χ2n) is 5.26. The minimum Gasteiger partial charge on any atom is -0.504 e. The molecule has 7 heteroatoms. The lowest BCUT2D eigenvalue weighted by atomic mass is 10.2. The number of nitrogens with two attached hydrogens (primary N) is 1. The van der Waals surface area contributed by atoms with Gasteiger partial charge in [0.1, 0.15) is 12.4 Å². The fourth-order valence-electron chi connectivity index (χ4n) is 2.16. The monoisotopic (exact) mass is 356 g/mol. The topological polar surface area (TPSA) is 111 Å². The highest BCUT2D eigenvalue weighted by Gasteiger charge is 2.07. The van der Waals surface area contributed by atoms with Crippen molar-refractivity contribution in [3.05, 3.63) is 59.7 Å². The number of aromatic hydroxyl groups is 1. The number of carbonyl (C=O) groups excluding carboxylic acids is 2. The largest absolute Gasteiger partial charge is 0.504 e. The van der Waals surface area contributed by atoms with Crippen molar-refractivity contribution in [3.63, 3.8) is 0 Å². The van der Waals surface area contributed by atoms with Crippen molar-refractivity contribution in [2.24, 2.45) is 5.73 Å². The maximum atomic E-state index is 11.8. The van der Waals surface area contributed by atoms with Crippen molar-refractivity contribution < 1.29 is 24.2 Å². The number of benzene rings is 2. The average molecular weight is 356 g/mol. The van der Waals surface area contributed by atoms with Gasteiger partial charge in [-0.05, 0) is 30.3 Å². The Balaban J connectivity index is 1.80. The number of phenolic OH excluding ortho intramolecular Hbond substituents is 1. The van der Waals surface area contributed by atoms with Gasteiger partial charge >= 0.3 is 0 Å². The van der Waals surface area contributed by atoms with E-state index in [1.165, 1.54) is 24.3 Å². The molecule has 0 fully saturated rings. The van der Waals surface area contributed by atoms with E-state index in [-0.39, 0.29) is 36.1 Å². The number of para-hydroxylation sites is 1. The lowest BCUT2D eigenvalue weighted by molar-refractivity contribution is -0.116. The Morgan fingerprint density at radius 2 is 1.96 bits per heavy atom. The number of methoxy groups -OCH3 is 1. The zero-order valence-corrected chi connectivity index (χ0v) is 14.3. The molecule has 2 aromatic carbocycles. The van der Waals surface area contributed by atoms with Gasteiger partial charge in [0.2, 0.25) is 11.8 Å². The molecular formula is C19H20N2O5. The van der Waals surface area contributed by atoms with Crippen LogP contribution in [0.2, 0.25) is 0 Å². The van der Waals surface area contributed by atoms with Crippen LogP contribution in [-0.2, 0) is 4.79 Å². The molecule has 136 valence electrons. The molecule has 0 heterocycles. The fourth-order valence-corrected chi connectivity index (χ4v) is 2.16. The van der Waals surface area contributed by atoms with Crippen LogP contribution in [0.1, 0.15) is 15.9 Å². The van der Waals surface area contributed by atoms with E-state index in [1.807, 2.05) is 18.2 Å². The second-order valence-corrected chi connectivity index (χ2v) is 5.26. The summed E-state index contributed by atoms with van der Waals surface area (Å²) < 4.78 is 10.6. The third-order valence-electron chi connectivity index (χ3n) is 3.46. The summed E-state index contributed by atoms with van der Waals surface area (Å²) in [5.74, 6) is -0.235. The van der Waals surface area contributed by atoms with Gasteiger partial charge < -0.3 is 25.6 Å². The molecule has 0 aliphatic rings. The molecule has 2 aromatic rings. The Hall–Kier alpha value is -3.48. The molecule has 7 nitrogen and oxygen atoms in total. The molecule has 0 atom stereocenters. The standard InChI is InChI=1S/C19H20N2O5/c1-25-16-5-3-2-4-13(16)7-9-18(23)21-10-11-26-17-8-6-14(19(20)24)12-15(17)22/h2-9,12,22H,10-11H2,1H3,(H2,20,24)(H,21,23)/b9-7+. The molecule has 0 unspecified atom stereocenters. The van der Waals surface area contributed by atoms with Gasteiger partial charge in [0.15, 0.2) is 11.5 Å². The first-order valence-electron chi connectivity index (χ1n) is 7.86. The Bertz CT molecular complexity index is 817. The normalized spacial score (nSPS) is 10.5. The molecule has 0 bridgehead atoms. The van der Waals surface area contributed by atoms with E-state index in [1.54, 1.807) is 19.3 Å². The van der Waals surface area contributed by atoms with Crippen LogP contribution >= 0.6 is 0 Å². The molecule has 0 spiro atoms. The van der Waals surface area contributed by atoms with Gasteiger partial charge in [-0.2, -0.15) is 0 Å². The molecule has 2 rings (SSSR count). The zero-order valence-electron chi connectivity index (χ0n) is 14.3.